The minimum atomic E-state index is -4.33. The first-order valence-electron chi connectivity index (χ1n) is 10.4. The van der Waals surface area contributed by atoms with Crippen molar-refractivity contribution in [1.29, 1.82) is 0 Å². The van der Waals surface area contributed by atoms with Gasteiger partial charge in [-0.3, -0.25) is 4.55 Å². The normalized spacial score (nSPS) is 15.3. The van der Waals surface area contributed by atoms with Crippen LogP contribution in [-0.2, 0) is 26.8 Å². The largest absolute Gasteiger partial charge is 0.748 e. The predicted molar refractivity (Wildman–Crippen MR) is 140 cm³/mol. The molecule has 8 nitrogen and oxygen atoms in total. The molecule has 4 rings (SSSR count). The van der Waals surface area contributed by atoms with Crippen molar-refractivity contribution in [2.75, 3.05) is 23.0 Å². The molecule has 1 N–H and O–H groups in total. The summed E-state index contributed by atoms with van der Waals surface area (Å²) in [5.41, 5.74) is 1.73. The van der Waals surface area contributed by atoms with Gasteiger partial charge >= 0.3 is 0 Å². The van der Waals surface area contributed by atoms with E-state index in [0.717, 1.165) is 30.8 Å². The first kappa shape index (κ1) is 26.7. The molecule has 188 valence electrons. The van der Waals surface area contributed by atoms with E-state index < -0.39 is 26.0 Å². The SMILES string of the molecule is O=S(=O)([O-])CCC[n+]1c(/C=C2/Sc3cc(Cl)ccc3N2CCCS(=O)(=O)O)sc2cc(Cl)ccc21. The summed E-state index contributed by atoms with van der Waals surface area (Å²) >= 11 is 15.3. The van der Waals surface area contributed by atoms with Crippen LogP contribution in [0.2, 0.25) is 10.0 Å². The molecule has 35 heavy (non-hydrogen) atoms. The fourth-order valence-electron chi connectivity index (χ4n) is 3.74. The molecule has 3 aromatic rings. The molecule has 0 radical (unpaired) electrons. The number of fused-ring (bicyclic) bond motifs is 2. The molecular formula is C21H20Cl2N2O6S4. The Morgan fingerprint density at radius 2 is 1.74 bits per heavy atom. The van der Waals surface area contributed by atoms with E-state index in [0.29, 0.717) is 23.1 Å². The lowest BCUT2D eigenvalue weighted by molar-refractivity contribution is -0.668. The lowest BCUT2D eigenvalue weighted by Gasteiger charge is -2.19. The first-order valence-corrected chi connectivity index (χ1v) is 15.9. The van der Waals surface area contributed by atoms with E-state index in [1.807, 2.05) is 39.8 Å². The number of thioether (sulfide) groups is 1. The average Bonchev–Trinajstić information content (AvgIpc) is 3.23. The third kappa shape index (κ3) is 6.89. The van der Waals surface area contributed by atoms with Gasteiger partial charge in [-0.1, -0.05) is 46.3 Å². The Morgan fingerprint density at radius 1 is 1.03 bits per heavy atom. The van der Waals surface area contributed by atoms with E-state index in [2.05, 4.69) is 0 Å². The van der Waals surface area contributed by atoms with E-state index in [9.17, 15) is 21.4 Å². The van der Waals surface area contributed by atoms with Crippen LogP contribution in [0.25, 0.3) is 16.3 Å². The maximum Gasteiger partial charge on any atom is 0.265 e. The number of halogens is 2. The highest BCUT2D eigenvalue weighted by Gasteiger charge is 2.28. The van der Waals surface area contributed by atoms with Crippen LogP contribution in [0.1, 0.15) is 17.8 Å². The lowest BCUT2D eigenvalue weighted by Crippen LogP contribution is -2.36. The second kappa shape index (κ2) is 10.5. The van der Waals surface area contributed by atoms with Crippen molar-refractivity contribution < 1.29 is 30.5 Å². The number of rotatable bonds is 9. The highest BCUT2D eigenvalue weighted by Crippen LogP contribution is 2.48. The fourth-order valence-corrected chi connectivity index (χ4v) is 7.60. The van der Waals surface area contributed by atoms with Gasteiger partial charge < -0.3 is 9.45 Å². The zero-order valence-electron chi connectivity index (χ0n) is 18.1. The van der Waals surface area contributed by atoms with Gasteiger partial charge in [-0.05, 0) is 36.8 Å². The van der Waals surface area contributed by atoms with Crippen molar-refractivity contribution in [3.63, 3.8) is 0 Å². The van der Waals surface area contributed by atoms with Crippen LogP contribution in [0.4, 0.5) is 5.69 Å². The zero-order chi connectivity index (χ0) is 25.4. The number of aryl methyl sites for hydroxylation is 1. The molecule has 1 aliphatic rings. The van der Waals surface area contributed by atoms with Crippen molar-refractivity contribution >= 4 is 88.5 Å². The lowest BCUT2D eigenvalue weighted by atomic mass is 10.2. The maximum absolute atomic E-state index is 11.2. The van der Waals surface area contributed by atoms with Crippen LogP contribution in [0.3, 0.4) is 0 Å². The number of nitrogens with zero attached hydrogens (tertiary/aromatic N) is 2. The molecular weight excluding hydrogens is 575 g/mol. The Balaban J connectivity index is 1.73. The summed E-state index contributed by atoms with van der Waals surface area (Å²) in [4.78, 5) is 2.87. The van der Waals surface area contributed by atoms with Gasteiger partial charge in [0.2, 0.25) is 5.52 Å². The minimum Gasteiger partial charge on any atom is -0.748 e. The molecule has 0 bridgehead atoms. The summed E-state index contributed by atoms with van der Waals surface area (Å²) in [7, 11) is -8.42. The van der Waals surface area contributed by atoms with Crippen LogP contribution in [-0.4, -0.2) is 44.0 Å². The highest BCUT2D eigenvalue weighted by molar-refractivity contribution is 8.04. The molecule has 0 unspecified atom stereocenters. The number of thiazole rings is 1. The summed E-state index contributed by atoms with van der Waals surface area (Å²) in [6.07, 6.45) is 2.31. The van der Waals surface area contributed by atoms with E-state index in [-0.39, 0.29) is 18.6 Å². The third-order valence-corrected chi connectivity index (χ3v) is 9.45. The molecule has 0 spiro atoms. The molecule has 0 aliphatic carbocycles. The van der Waals surface area contributed by atoms with E-state index in [4.69, 9.17) is 27.8 Å². The van der Waals surface area contributed by atoms with E-state index in [1.54, 1.807) is 12.1 Å². The van der Waals surface area contributed by atoms with Gasteiger partial charge in [0.05, 0.1) is 32.7 Å². The van der Waals surface area contributed by atoms with Crippen molar-refractivity contribution in [1.82, 2.24) is 0 Å². The molecule has 0 fully saturated rings. The van der Waals surface area contributed by atoms with Gasteiger partial charge in [-0.15, -0.1) is 0 Å². The smallest absolute Gasteiger partial charge is 0.265 e. The van der Waals surface area contributed by atoms with Gasteiger partial charge in [0.1, 0.15) is 4.70 Å². The molecule has 1 aliphatic heterocycles. The predicted octanol–water partition coefficient (Wildman–Crippen LogP) is 4.62. The Hall–Kier alpha value is -1.38. The third-order valence-electron chi connectivity index (χ3n) is 5.19. The molecule has 0 atom stereocenters. The number of benzene rings is 2. The first-order chi connectivity index (χ1) is 16.4. The fraction of sp³-hybridized carbons (Fsp3) is 0.286. The van der Waals surface area contributed by atoms with Gasteiger partial charge in [0.15, 0.2) is 6.54 Å². The van der Waals surface area contributed by atoms with Gasteiger partial charge in [0.25, 0.3) is 15.1 Å². The van der Waals surface area contributed by atoms with Crippen LogP contribution in [0, 0.1) is 0 Å². The number of anilines is 1. The zero-order valence-corrected chi connectivity index (χ0v) is 22.8. The molecule has 0 saturated carbocycles. The Bertz CT molecular complexity index is 1520. The second-order valence-corrected chi connectivity index (χ2v) is 13.9. The average molecular weight is 596 g/mol. The van der Waals surface area contributed by atoms with Crippen molar-refractivity contribution in [2.24, 2.45) is 0 Å². The standard InChI is InChI=1S/C21H20Cl2N2O6S4/c22-14-3-5-16-18(11-14)32-20(24(16)7-1-9-34(26,27)28)13-21-25(8-2-10-35(29,30)31)17-6-4-15(23)12-19(17)33-21/h3-6,11-13H,1-2,7-10H2,(H-,26,27,28,29,30,31). The summed E-state index contributed by atoms with van der Waals surface area (Å²) in [5, 5.41) is 2.77. The number of hydrogen-bond acceptors (Lipinski definition) is 8. The molecule has 0 amide bonds. The Kier molecular flexibility index (Phi) is 8.04. The monoisotopic (exact) mass is 594 g/mol. The van der Waals surface area contributed by atoms with Crippen LogP contribution < -0.4 is 9.47 Å². The minimum absolute atomic E-state index is 0.155. The maximum atomic E-state index is 11.2. The Labute approximate surface area is 221 Å². The topological polar surface area (TPSA) is 119 Å². The van der Waals surface area contributed by atoms with E-state index in [1.165, 1.54) is 23.1 Å². The quantitative estimate of drug-likeness (QED) is 0.281. The van der Waals surface area contributed by atoms with Crippen LogP contribution in [0.15, 0.2) is 46.3 Å². The van der Waals surface area contributed by atoms with Gasteiger partial charge in [-0.25, -0.2) is 8.42 Å². The molecule has 14 heteroatoms. The molecule has 2 heterocycles. The van der Waals surface area contributed by atoms with E-state index >= 15 is 0 Å². The number of hydrogen-bond donors (Lipinski definition) is 1. The van der Waals surface area contributed by atoms with Crippen molar-refractivity contribution in [3.05, 3.63) is 56.5 Å². The van der Waals surface area contributed by atoms with Crippen LogP contribution in [0.5, 0.6) is 0 Å². The van der Waals surface area contributed by atoms with Crippen molar-refractivity contribution in [2.45, 2.75) is 24.3 Å². The summed E-state index contributed by atoms with van der Waals surface area (Å²) in [6, 6.07) is 10.9. The van der Waals surface area contributed by atoms with Gasteiger partial charge in [0, 0.05) is 39.7 Å². The highest BCUT2D eigenvalue weighted by atomic mass is 35.5. The summed E-state index contributed by atoms with van der Waals surface area (Å²) < 4.78 is 67.8. The number of aromatic nitrogens is 1. The Morgan fingerprint density at radius 3 is 2.46 bits per heavy atom. The summed E-state index contributed by atoms with van der Waals surface area (Å²) in [5.74, 6) is -0.836. The van der Waals surface area contributed by atoms with Gasteiger partial charge in [-0.2, -0.15) is 13.0 Å². The second-order valence-electron chi connectivity index (χ2n) is 7.81. The molecule has 1 aromatic heterocycles. The molecule has 0 saturated heterocycles. The molecule has 2 aromatic carbocycles. The summed E-state index contributed by atoms with van der Waals surface area (Å²) in [6.45, 7) is 0.660. The van der Waals surface area contributed by atoms with Crippen LogP contribution >= 0.6 is 46.3 Å². The van der Waals surface area contributed by atoms with Crippen molar-refractivity contribution in [3.8, 4) is 0 Å².